The second-order valence-electron chi connectivity index (χ2n) is 4.72. The van der Waals surface area contributed by atoms with Crippen LogP contribution < -0.4 is 5.73 Å². The molecule has 0 spiro atoms. The van der Waals surface area contributed by atoms with Crippen LogP contribution in [-0.2, 0) is 19.0 Å². The van der Waals surface area contributed by atoms with E-state index in [9.17, 15) is 0 Å². The summed E-state index contributed by atoms with van der Waals surface area (Å²) in [4.78, 5) is 4.37. The van der Waals surface area contributed by atoms with Gasteiger partial charge in [-0.05, 0) is 24.8 Å². The molecule has 6 heteroatoms. The van der Waals surface area contributed by atoms with Gasteiger partial charge in [-0.15, -0.1) is 0 Å². The molecule has 2 aromatic rings. The lowest BCUT2D eigenvalue weighted by molar-refractivity contribution is 0.229. The molecular formula is C11H15N5O. The first kappa shape index (κ1) is 10.5. The van der Waals surface area contributed by atoms with Crippen LogP contribution in [0.5, 0.6) is 0 Å². The number of aryl methyl sites for hydroxylation is 1. The van der Waals surface area contributed by atoms with E-state index in [-0.39, 0.29) is 5.54 Å². The molecule has 0 amide bonds. The molecule has 0 saturated heterocycles. The standard InChI is InChI=1S/C11H15N5O/c1-16-7-8(6-13-16)5-9-14-10(15-17-9)11(12)3-2-4-11/h6-7H,2-5,12H2,1H3. The summed E-state index contributed by atoms with van der Waals surface area (Å²) >= 11 is 0. The Morgan fingerprint density at radius 1 is 1.53 bits per heavy atom. The van der Waals surface area contributed by atoms with E-state index in [1.807, 2.05) is 13.2 Å². The van der Waals surface area contributed by atoms with Crippen LogP contribution in [0.1, 0.15) is 36.5 Å². The zero-order chi connectivity index (χ0) is 11.9. The van der Waals surface area contributed by atoms with Crippen molar-refractivity contribution in [2.75, 3.05) is 0 Å². The molecule has 3 rings (SSSR count). The van der Waals surface area contributed by atoms with Gasteiger partial charge in [0.15, 0.2) is 5.82 Å². The highest BCUT2D eigenvalue weighted by atomic mass is 16.5. The quantitative estimate of drug-likeness (QED) is 0.845. The molecule has 0 unspecified atom stereocenters. The molecule has 0 aliphatic heterocycles. The fourth-order valence-electron chi connectivity index (χ4n) is 2.05. The summed E-state index contributed by atoms with van der Waals surface area (Å²) in [5, 5.41) is 8.07. The molecule has 0 atom stereocenters. The predicted octanol–water partition coefficient (Wildman–Crippen LogP) is 0.732. The smallest absolute Gasteiger partial charge is 0.231 e. The Morgan fingerprint density at radius 3 is 2.94 bits per heavy atom. The highest BCUT2D eigenvalue weighted by Crippen LogP contribution is 2.36. The first-order valence-corrected chi connectivity index (χ1v) is 5.75. The Balaban J connectivity index is 1.76. The lowest BCUT2D eigenvalue weighted by Gasteiger charge is -2.34. The molecule has 90 valence electrons. The minimum Gasteiger partial charge on any atom is -0.339 e. The largest absolute Gasteiger partial charge is 0.339 e. The topological polar surface area (TPSA) is 82.8 Å². The minimum atomic E-state index is -0.351. The number of hydrogen-bond donors (Lipinski definition) is 1. The highest BCUT2D eigenvalue weighted by molar-refractivity contribution is 5.13. The van der Waals surface area contributed by atoms with Crippen molar-refractivity contribution in [1.82, 2.24) is 19.9 Å². The average molecular weight is 233 g/mol. The Hall–Kier alpha value is -1.69. The van der Waals surface area contributed by atoms with Crippen LogP contribution in [-0.4, -0.2) is 19.9 Å². The Kier molecular flexibility index (Phi) is 2.25. The summed E-state index contributed by atoms with van der Waals surface area (Å²) in [6, 6.07) is 0. The Bertz CT molecular complexity index is 525. The van der Waals surface area contributed by atoms with Gasteiger partial charge in [-0.25, -0.2) is 0 Å². The lowest BCUT2D eigenvalue weighted by atomic mass is 9.77. The summed E-state index contributed by atoms with van der Waals surface area (Å²) < 4.78 is 6.97. The van der Waals surface area contributed by atoms with Crippen molar-refractivity contribution in [2.45, 2.75) is 31.2 Å². The van der Waals surface area contributed by atoms with Crippen LogP contribution in [0.3, 0.4) is 0 Å². The van der Waals surface area contributed by atoms with E-state index in [4.69, 9.17) is 10.3 Å². The van der Waals surface area contributed by atoms with Gasteiger partial charge in [0, 0.05) is 13.2 Å². The molecular weight excluding hydrogens is 218 g/mol. The maximum absolute atomic E-state index is 6.13. The molecule has 0 radical (unpaired) electrons. The molecule has 0 aromatic carbocycles. The molecule has 17 heavy (non-hydrogen) atoms. The van der Waals surface area contributed by atoms with Gasteiger partial charge in [-0.3, -0.25) is 4.68 Å². The fraction of sp³-hybridized carbons (Fsp3) is 0.545. The van der Waals surface area contributed by atoms with Crippen LogP contribution in [0.4, 0.5) is 0 Å². The van der Waals surface area contributed by atoms with Gasteiger partial charge < -0.3 is 10.3 Å². The number of aromatic nitrogens is 4. The molecule has 2 N–H and O–H groups in total. The number of nitrogens with two attached hydrogens (primary N) is 1. The number of rotatable bonds is 3. The maximum Gasteiger partial charge on any atom is 0.231 e. The van der Waals surface area contributed by atoms with Gasteiger partial charge in [0.1, 0.15) is 0 Å². The maximum atomic E-state index is 6.13. The molecule has 6 nitrogen and oxygen atoms in total. The zero-order valence-electron chi connectivity index (χ0n) is 9.76. The van der Waals surface area contributed by atoms with E-state index < -0.39 is 0 Å². The van der Waals surface area contributed by atoms with Crippen LogP contribution in [0.15, 0.2) is 16.9 Å². The molecule has 1 fully saturated rings. The van der Waals surface area contributed by atoms with Crippen molar-refractivity contribution in [3.63, 3.8) is 0 Å². The van der Waals surface area contributed by atoms with Crippen molar-refractivity contribution >= 4 is 0 Å². The van der Waals surface area contributed by atoms with E-state index in [1.54, 1.807) is 10.9 Å². The van der Waals surface area contributed by atoms with Crippen LogP contribution in [0.2, 0.25) is 0 Å². The van der Waals surface area contributed by atoms with Gasteiger partial charge in [0.2, 0.25) is 5.89 Å². The SMILES string of the molecule is Cn1cc(Cc2nc(C3(N)CCC3)no2)cn1. The first-order valence-electron chi connectivity index (χ1n) is 5.75. The van der Waals surface area contributed by atoms with E-state index in [1.165, 1.54) is 0 Å². The number of nitrogens with zero attached hydrogens (tertiary/aromatic N) is 4. The highest BCUT2D eigenvalue weighted by Gasteiger charge is 2.38. The van der Waals surface area contributed by atoms with Crippen molar-refractivity contribution < 1.29 is 4.52 Å². The zero-order valence-corrected chi connectivity index (χ0v) is 9.76. The summed E-state index contributed by atoms with van der Waals surface area (Å²) in [6.45, 7) is 0. The predicted molar refractivity (Wildman–Crippen MR) is 60.0 cm³/mol. The van der Waals surface area contributed by atoms with Gasteiger partial charge >= 0.3 is 0 Å². The van der Waals surface area contributed by atoms with E-state index >= 15 is 0 Å². The monoisotopic (exact) mass is 233 g/mol. The summed E-state index contributed by atoms with van der Waals surface area (Å²) in [6.07, 6.45) is 7.37. The van der Waals surface area contributed by atoms with Crippen molar-refractivity contribution in [1.29, 1.82) is 0 Å². The minimum absolute atomic E-state index is 0.351. The molecule has 1 saturated carbocycles. The van der Waals surface area contributed by atoms with Crippen LogP contribution in [0.25, 0.3) is 0 Å². The van der Waals surface area contributed by atoms with Gasteiger partial charge in [-0.2, -0.15) is 10.1 Å². The van der Waals surface area contributed by atoms with E-state index in [0.29, 0.717) is 18.1 Å². The van der Waals surface area contributed by atoms with Crippen LogP contribution >= 0.6 is 0 Å². The van der Waals surface area contributed by atoms with Crippen molar-refractivity contribution in [3.05, 3.63) is 29.7 Å². The van der Waals surface area contributed by atoms with Gasteiger partial charge in [0.05, 0.1) is 18.2 Å². The van der Waals surface area contributed by atoms with Gasteiger partial charge in [-0.1, -0.05) is 5.16 Å². The van der Waals surface area contributed by atoms with Crippen molar-refractivity contribution in [2.24, 2.45) is 12.8 Å². The second kappa shape index (κ2) is 3.66. The van der Waals surface area contributed by atoms with E-state index in [0.717, 1.165) is 24.8 Å². The molecule has 2 aromatic heterocycles. The third kappa shape index (κ3) is 1.84. The lowest BCUT2D eigenvalue weighted by Crippen LogP contribution is -2.44. The Labute approximate surface area is 98.8 Å². The fourth-order valence-corrected chi connectivity index (χ4v) is 2.05. The average Bonchev–Trinajstić information content (AvgIpc) is 2.85. The third-order valence-corrected chi connectivity index (χ3v) is 3.27. The first-order chi connectivity index (χ1) is 8.16. The van der Waals surface area contributed by atoms with Crippen molar-refractivity contribution in [3.8, 4) is 0 Å². The number of hydrogen-bond acceptors (Lipinski definition) is 5. The van der Waals surface area contributed by atoms with Gasteiger partial charge in [0.25, 0.3) is 0 Å². The van der Waals surface area contributed by atoms with Crippen LogP contribution in [0, 0.1) is 0 Å². The third-order valence-electron chi connectivity index (χ3n) is 3.27. The second-order valence-corrected chi connectivity index (χ2v) is 4.72. The summed E-state index contributed by atoms with van der Waals surface area (Å²) in [7, 11) is 1.88. The molecule has 0 bridgehead atoms. The summed E-state index contributed by atoms with van der Waals surface area (Å²) in [5.74, 6) is 1.24. The Morgan fingerprint density at radius 2 is 2.35 bits per heavy atom. The normalized spacial score (nSPS) is 18.0. The summed E-state index contributed by atoms with van der Waals surface area (Å²) in [5.41, 5.74) is 6.84. The molecule has 2 heterocycles. The molecule has 1 aliphatic carbocycles. The molecule has 1 aliphatic rings. The van der Waals surface area contributed by atoms with E-state index in [2.05, 4.69) is 15.2 Å².